The summed E-state index contributed by atoms with van der Waals surface area (Å²) < 4.78 is 23.8. The lowest BCUT2D eigenvalue weighted by Gasteiger charge is -2.13. The Kier molecular flexibility index (Phi) is 8.14. The summed E-state index contributed by atoms with van der Waals surface area (Å²) in [5.74, 6) is -0.173. The van der Waals surface area contributed by atoms with Crippen LogP contribution in [-0.2, 0) is 27.4 Å². The fraction of sp³-hybridized carbons (Fsp3) is 0.364. The standard InChI is InChI=1S/C22H25FO4/c1-16(24)12-19(15-26-2)22(25)11-10-17-6-8-18(9-7-17)14-27-21-5-3-4-20(23)13-21/h3-9,13,19H,10-12,14-15H2,1-2H3/t19-/m1/s1. The molecule has 0 unspecified atom stereocenters. The minimum absolute atomic E-state index is 0.00643. The molecule has 0 amide bonds. The first-order valence-corrected chi connectivity index (χ1v) is 8.95. The summed E-state index contributed by atoms with van der Waals surface area (Å²) in [6, 6.07) is 13.8. The van der Waals surface area contributed by atoms with E-state index in [2.05, 4.69) is 0 Å². The number of carbonyl (C=O) groups is 2. The van der Waals surface area contributed by atoms with Gasteiger partial charge < -0.3 is 14.3 Å². The third-order valence-electron chi connectivity index (χ3n) is 4.24. The van der Waals surface area contributed by atoms with Gasteiger partial charge in [0.1, 0.15) is 29.7 Å². The summed E-state index contributed by atoms with van der Waals surface area (Å²) in [4.78, 5) is 23.6. The number of carbonyl (C=O) groups excluding carboxylic acids is 2. The summed E-state index contributed by atoms with van der Waals surface area (Å²) in [7, 11) is 1.53. The fourth-order valence-corrected chi connectivity index (χ4v) is 2.81. The van der Waals surface area contributed by atoms with E-state index in [1.165, 1.54) is 26.2 Å². The van der Waals surface area contributed by atoms with Crippen molar-refractivity contribution in [3.05, 3.63) is 65.5 Å². The van der Waals surface area contributed by atoms with Gasteiger partial charge in [-0.15, -0.1) is 0 Å². The molecule has 0 saturated heterocycles. The largest absolute Gasteiger partial charge is 0.489 e. The van der Waals surface area contributed by atoms with Gasteiger partial charge in [0.25, 0.3) is 0 Å². The minimum atomic E-state index is -0.369. The van der Waals surface area contributed by atoms with Crippen LogP contribution in [0.2, 0.25) is 0 Å². The van der Waals surface area contributed by atoms with Crippen LogP contribution in [0.4, 0.5) is 4.39 Å². The highest BCUT2D eigenvalue weighted by Crippen LogP contribution is 2.16. The van der Waals surface area contributed by atoms with Gasteiger partial charge in [0.2, 0.25) is 0 Å². The summed E-state index contributed by atoms with van der Waals surface area (Å²) in [5, 5.41) is 0. The second-order valence-electron chi connectivity index (χ2n) is 6.59. The van der Waals surface area contributed by atoms with E-state index >= 15 is 0 Å². The lowest BCUT2D eigenvalue weighted by Crippen LogP contribution is -2.22. The quantitative estimate of drug-likeness (QED) is 0.595. The van der Waals surface area contributed by atoms with Crippen LogP contribution in [-0.4, -0.2) is 25.3 Å². The smallest absolute Gasteiger partial charge is 0.139 e. The molecule has 0 aliphatic heterocycles. The van der Waals surface area contributed by atoms with E-state index in [0.717, 1.165) is 11.1 Å². The molecule has 1 atom stereocenters. The molecule has 0 aromatic heterocycles. The maximum absolute atomic E-state index is 13.1. The van der Waals surface area contributed by atoms with Crippen LogP contribution < -0.4 is 4.74 Å². The highest BCUT2D eigenvalue weighted by Gasteiger charge is 2.19. The molecule has 27 heavy (non-hydrogen) atoms. The van der Waals surface area contributed by atoms with E-state index in [-0.39, 0.29) is 36.3 Å². The van der Waals surface area contributed by atoms with Crippen molar-refractivity contribution in [2.24, 2.45) is 5.92 Å². The van der Waals surface area contributed by atoms with Crippen molar-refractivity contribution in [3.8, 4) is 5.75 Å². The molecule has 0 spiro atoms. The highest BCUT2D eigenvalue weighted by molar-refractivity contribution is 5.87. The zero-order valence-electron chi connectivity index (χ0n) is 15.7. The van der Waals surface area contributed by atoms with Crippen molar-refractivity contribution in [1.82, 2.24) is 0 Å². The lowest BCUT2D eigenvalue weighted by atomic mass is 9.94. The van der Waals surface area contributed by atoms with Gasteiger partial charge in [-0.25, -0.2) is 4.39 Å². The zero-order chi connectivity index (χ0) is 19.6. The van der Waals surface area contributed by atoms with Crippen LogP contribution in [0.15, 0.2) is 48.5 Å². The van der Waals surface area contributed by atoms with E-state index in [1.807, 2.05) is 24.3 Å². The molecule has 144 valence electrons. The van der Waals surface area contributed by atoms with Crippen molar-refractivity contribution >= 4 is 11.6 Å². The Morgan fingerprint density at radius 1 is 1.07 bits per heavy atom. The first-order chi connectivity index (χ1) is 13.0. The molecule has 2 rings (SSSR count). The third-order valence-corrected chi connectivity index (χ3v) is 4.24. The Morgan fingerprint density at radius 2 is 1.78 bits per heavy atom. The van der Waals surface area contributed by atoms with Gasteiger partial charge in [-0.05, 0) is 36.6 Å². The lowest BCUT2D eigenvalue weighted by molar-refractivity contribution is -0.128. The number of halogens is 1. The Hall–Kier alpha value is -2.53. The molecule has 0 heterocycles. The van der Waals surface area contributed by atoms with Crippen LogP contribution in [0.1, 0.15) is 30.9 Å². The monoisotopic (exact) mass is 372 g/mol. The molecule has 0 radical (unpaired) electrons. The van der Waals surface area contributed by atoms with Gasteiger partial charge in [0, 0.05) is 31.9 Å². The van der Waals surface area contributed by atoms with Gasteiger partial charge in [0.15, 0.2) is 0 Å². The number of rotatable bonds is 11. The molecule has 2 aromatic rings. The summed E-state index contributed by atoms with van der Waals surface area (Å²) >= 11 is 0. The number of ether oxygens (including phenoxy) is 2. The number of Topliss-reactive ketones (excluding diaryl/α,β-unsaturated/α-hetero) is 2. The number of ketones is 2. The zero-order valence-corrected chi connectivity index (χ0v) is 15.7. The fourth-order valence-electron chi connectivity index (χ4n) is 2.81. The average molecular weight is 372 g/mol. The number of hydrogen-bond donors (Lipinski definition) is 0. The molecule has 5 heteroatoms. The van der Waals surface area contributed by atoms with Crippen molar-refractivity contribution in [2.75, 3.05) is 13.7 Å². The molecule has 2 aromatic carbocycles. The molecule has 0 fully saturated rings. The molecule has 0 aliphatic rings. The topological polar surface area (TPSA) is 52.6 Å². The second-order valence-corrected chi connectivity index (χ2v) is 6.59. The predicted molar refractivity (Wildman–Crippen MR) is 101 cm³/mol. The summed E-state index contributed by atoms with van der Waals surface area (Å²) in [5.41, 5.74) is 2.00. The molecular formula is C22H25FO4. The van der Waals surface area contributed by atoms with E-state index in [1.54, 1.807) is 12.1 Å². The maximum Gasteiger partial charge on any atom is 0.139 e. The highest BCUT2D eigenvalue weighted by atomic mass is 19.1. The molecular weight excluding hydrogens is 347 g/mol. The van der Waals surface area contributed by atoms with E-state index < -0.39 is 0 Å². The van der Waals surface area contributed by atoms with Crippen molar-refractivity contribution in [3.63, 3.8) is 0 Å². The molecule has 0 saturated carbocycles. The van der Waals surface area contributed by atoms with Crippen LogP contribution in [0.3, 0.4) is 0 Å². The number of benzene rings is 2. The minimum Gasteiger partial charge on any atom is -0.489 e. The van der Waals surface area contributed by atoms with E-state index in [0.29, 0.717) is 25.2 Å². The number of aryl methyl sites for hydroxylation is 1. The Balaban J connectivity index is 1.84. The van der Waals surface area contributed by atoms with Gasteiger partial charge in [-0.2, -0.15) is 0 Å². The van der Waals surface area contributed by atoms with Crippen LogP contribution in [0.5, 0.6) is 5.75 Å². The van der Waals surface area contributed by atoms with E-state index in [4.69, 9.17) is 9.47 Å². The van der Waals surface area contributed by atoms with E-state index in [9.17, 15) is 14.0 Å². The summed E-state index contributed by atoms with van der Waals surface area (Å²) in [6.45, 7) is 2.10. The Labute approximate surface area is 159 Å². The van der Waals surface area contributed by atoms with Gasteiger partial charge in [0.05, 0.1) is 6.61 Å². The van der Waals surface area contributed by atoms with Crippen molar-refractivity contribution in [1.29, 1.82) is 0 Å². The first kappa shape index (κ1) is 20.8. The van der Waals surface area contributed by atoms with Crippen LogP contribution in [0, 0.1) is 11.7 Å². The van der Waals surface area contributed by atoms with Gasteiger partial charge in [-0.3, -0.25) is 4.79 Å². The molecule has 4 nitrogen and oxygen atoms in total. The van der Waals surface area contributed by atoms with Crippen molar-refractivity contribution < 1.29 is 23.5 Å². The second kappa shape index (κ2) is 10.6. The maximum atomic E-state index is 13.1. The molecule has 0 aliphatic carbocycles. The van der Waals surface area contributed by atoms with Gasteiger partial charge >= 0.3 is 0 Å². The van der Waals surface area contributed by atoms with Crippen LogP contribution >= 0.6 is 0 Å². The van der Waals surface area contributed by atoms with Gasteiger partial charge in [-0.1, -0.05) is 30.3 Å². The third kappa shape index (κ3) is 7.31. The van der Waals surface area contributed by atoms with Crippen molar-refractivity contribution in [2.45, 2.75) is 32.8 Å². The predicted octanol–water partition coefficient (Wildman–Crippen LogP) is 4.15. The summed E-state index contributed by atoms with van der Waals surface area (Å²) in [6.07, 6.45) is 1.21. The molecule has 0 N–H and O–H groups in total. The first-order valence-electron chi connectivity index (χ1n) is 8.95. The average Bonchev–Trinajstić information content (AvgIpc) is 2.64. The molecule has 0 bridgehead atoms. The Bertz CT molecular complexity index is 755. The SMILES string of the molecule is COC[C@@H](CC(C)=O)C(=O)CCc1ccc(COc2cccc(F)c2)cc1. The van der Waals surface area contributed by atoms with Crippen LogP contribution in [0.25, 0.3) is 0 Å². The number of hydrogen-bond acceptors (Lipinski definition) is 4. The Morgan fingerprint density at radius 3 is 2.41 bits per heavy atom. The normalized spacial score (nSPS) is 11.8. The number of methoxy groups -OCH3 is 1.